The highest BCUT2D eigenvalue weighted by Crippen LogP contribution is 2.41. The first-order valence-corrected chi connectivity index (χ1v) is 18.9. The maximum absolute atomic E-state index is 12.3. The molecule has 272 valence electrons. The zero-order valence-corrected chi connectivity index (χ0v) is 30.2. The minimum atomic E-state index is -1.33. The van der Waals surface area contributed by atoms with E-state index in [0.717, 1.165) is 51.8 Å². The highest BCUT2D eigenvalue weighted by molar-refractivity contribution is 8.00. The van der Waals surface area contributed by atoms with E-state index < -0.39 is 59.3 Å². The summed E-state index contributed by atoms with van der Waals surface area (Å²) < 4.78 is 0. The summed E-state index contributed by atoms with van der Waals surface area (Å²) in [5, 5.41) is 35.6. The Morgan fingerprint density at radius 2 is 1.39 bits per heavy atom. The second-order valence-electron chi connectivity index (χ2n) is 11.2. The molecule has 2 fully saturated rings. The van der Waals surface area contributed by atoms with Crippen LogP contribution in [0.15, 0.2) is 34.9 Å². The molecule has 2 saturated heterocycles. The fourth-order valence-electron chi connectivity index (χ4n) is 5.27. The topological polar surface area (TPSA) is 275 Å². The Balaban J connectivity index is 0.000000198. The predicted molar refractivity (Wildman–Crippen MR) is 188 cm³/mol. The zero-order chi connectivity index (χ0) is 37.1. The molecular formula is C29H32N8O10S4. The number of allylic oxidation sites excluding steroid dienone is 1. The molecule has 6 rings (SSSR count). The van der Waals surface area contributed by atoms with E-state index in [1.165, 1.54) is 35.9 Å². The number of fused-ring (bicyclic) bond motifs is 2. The lowest BCUT2D eigenvalue weighted by Crippen LogP contribution is -2.71. The van der Waals surface area contributed by atoms with E-state index in [1.807, 2.05) is 6.92 Å². The lowest BCUT2D eigenvalue weighted by molar-refractivity contribution is -0.150. The fraction of sp³-hybridized carbons (Fsp3) is 0.414. The van der Waals surface area contributed by atoms with Gasteiger partial charge in [-0.3, -0.25) is 38.6 Å². The number of nitrogens with zero attached hydrogens (tertiary/aromatic N) is 4. The molecule has 0 saturated carbocycles. The highest BCUT2D eigenvalue weighted by Gasteiger charge is 2.55. The average molecular weight is 781 g/mol. The Bertz CT molecular complexity index is 1860. The quantitative estimate of drug-likeness (QED) is 0.0809. The Hall–Kier alpha value is -4.35. The summed E-state index contributed by atoms with van der Waals surface area (Å²) in [5.74, 6) is -4.79. The number of β-lactam (4-membered cyclic amide) rings is 2. The molecule has 51 heavy (non-hydrogen) atoms. The number of aromatic nitrogens is 2. The number of aliphatic hydroxyl groups is 2. The van der Waals surface area contributed by atoms with Crippen molar-refractivity contribution in [3.05, 3.63) is 44.7 Å². The molecule has 2 aromatic heterocycles. The molecule has 0 aliphatic carbocycles. The number of carboxylic acid groups (broad SMARTS) is 1. The molecule has 0 aromatic carbocycles. The number of aliphatic carboxylic acids is 1. The van der Waals surface area contributed by atoms with Gasteiger partial charge in [-0.1, -0.05) is 29.6 Å². The van der Waals surface area contributed by atoms with Gasteiger partial charge in [-0.2, -0.15) is 0 Å². The van der Waals surface area contributed by atoms with E-state index >= 15 is 0 Å². The van der Waals surface area contributed by atoms with Crippen molar-refractivity contribution >= 4 is 97.6 Å². The third-order valence-electron chi connectivity index (χ3n) is 7.96. The standard InChI is InChI=1S/C16H20N4O4S2.C13H12N4O6S2/c1-3-4-17-16-18-5-10(26-16)12(22)13(23)19-11-14(24)20-8(2)9(6-21)7-25-15(11)20;14-13-15-1-5(25-13)8(19)9(20)16-6-10(21)17-7(12(22)23)4(2-18)3-24-11(6)17/h5,11,15,21H,3-4,6-7H2,1-2H3,(H,17,18)(H,19,23);1,6,11,18H,2-3H2,(H2,14,15)(H,16,20)(H,22,23). The number of ketones is 2. The monoisotopic (exact) mass is 780 g/mol. The van der Waals surface area contributed by atoms with Crippen molar-refractivity contribution in [3.8, 4) is 0 Å². The Morgan fingerprint density at radius 1 is 0.863 bits per heavy atom. The average Bonchev–Trinajstić information content (AvgIpc) is 3.79. The van der Waals surface area contributed by atoms with Gasteiger partial charge < -0.3 is 37.0 Å². The van der Waals surface area contributed by atoms with E-state index in [0.29, 0.717) is 10.9 Å². The molecular weight excluding hydrogens is 749 g/mol. The number of nitrogens with two attached hydrogens (primary N) is 1. The summed E-state index contributed by atoms with van der Waals surface area (Å²) >= 11 is 4.64. The molecule has 4 aliphatic heterocycles. The lowest BCUT2D eigenvalue weighted by Gasteiger charge is -2.49. The maximum Gasteiger partial charge on any atom is 0.352 e. The minimum absolute atomic E-state index is 0.0450. The largest absolute Gasteiger partial charge is 0.477 e. The normalized spacial score (nSPS) is 22.1. The molecule has 4 unspecified atom stereocenters. The molecule has 4 aliphatic rings. The van der Waals surface area contributed by atoms with Crippen LogP contribution in [0.5, 0.6) is 0 Å². The fourth-order valence-corrected chi connectivity index (χ4v) is 9.47. The van der Waals surface area contributed by atoms with Gasteiger partial charge in [0.1, 0.15) is 38.3 Å². The smallest absolute Gasteiger partial charge is 0.352 e. The highest BCUT2D eigenvalue weighted by atomic mass is 32.2. The van der Waals surface area contributed by atoms with Crippen LogP contribution in [0.3, 0.4) is 0 Å². The van der Waals surface area contributed by atoms with Gasteiger partial charge in [-0.15, -0.1) is 23.5 Å². The van der Waals surface area contributed by atoms with Gasteiger partial charge in [-0.25, -0.2) is 14.8 Å². The number of hydrogen-bond donors (Lipinski definition) is 7. The third-order valence-corrected chi connectivity index (χ3v) is 12.4. The van der Waals surface area contributed by atoms with Gasteiger partial charge in [0.25, 0.3) is 35.2 Å². The number of amides is 4. The van der Waals surface area contributed by atoms with E-state index in [2.05, 4.69) is 25.9 Å². The number of hydrogen-bond acceptors (Lipinski definition) is 17. The van der Waals surface area contributed by atoms with Gasteiger partial charge >= 0.3 is 5.97 Å². The van der Waals surface area contributed by atoms with Crippen molar-refractivity contribution in [1.82, 2.24) is 30.4 Å². The minimum Gasteiger partial charge on any atom is -0.477 e. The van der Waals surface area contributed by atoms with Crippen LogP contribution in [-0.4, -0.2) is 130 Å². The van der Waals surface area contributed by atoms with Crippen LogP contribution in [0.25, 0.3) is 0 Å². The van der Waals surface area contributed by atoms with E-state index in [9.17, 15) is 48.9 Å². The molecule has 0 bridgehead atoms. The van der Waals surface area contributed by atoms with Crippen LogP contribution >= 0.6 is 46.2 Å². The van der Waals surface area contributed by atoms with Crippen molar-refractivity contribution in [3.63, 3.8) is 0 Å². The number of anilines is 2. The zero-order valence-electron chi connectivity index (χ0n) is 26.9. The first-order valence-electron chi connectivity index (χ1n) is 15.2. The number of rotatable bonds is 12. The van der Waals surface area contributed by atoms with Gasteiger partial charge in [0.05, 0.1) is 25.6 Å². The SMILES string of the molecule is CCCNc1ncc(C(=O)C(=O)NC2C(=O)N3C(C)=C(CO)CSC23)s1.Nc1ncc(C(=O)C(=O)NC2C(=O)N3C(C(=O)O)=C(CO)CSC23)s1. The number of nitrogens with one attached hydrogen (secondary N) is 3. The van der Waals surface area contributed by atoms with Gasteiger partial charge in [0, 0.05) is 23.7 Å². The first kappa shape index (κ1) is 37.9. The molecule has 2 aromatic rings. The van der Waals surface area contributed by atoms with Crippen molar-refractivity contribution in [2.24, 2.45) is 0 Å². The molecule has 4 atom stereocenters. The van der Waals surface area contributed by atoms with Crippen molar-refractivity contribution in [1.29, 1.82) is 0 Å². The van der Waals surface area contributed by atoms with Crippen molar-refractivity contribution < 1.29 is 48.9 Å². The van der Waals surface area contributed by atoms with Crippen LogP contribution in [0.1, 0.15) is 39.6 Å². The number of aliphatic hydroxyl groups excluding tert-OH is 2. The van der Waals surface area contributed by atoms with Crippen LogP contribution < -0.4 is 21.7 Å². The molecule has 6 heterocycles. The number of carbonyl (C=O) groups is 7. The number of thiazole rings is 2. The summed E-state index contributed by atoms with van der Waals surface area (Å²) in [4.78, 5) is 95.2. The molecule has 4 amide bonds. The van der Waals surface area contributed by atoms with Crippen LogP contribution in [0.4, 0.5) is 10.3 Å². The van der Waals surface area contributed by atoms with Crippen molar-refractivity contribution in [2.45, 2.75) is 43.1 Å². The summed E-state index contributed by atoms with van der Waals surface area (Å²) in [5.41, 5.74) is 6.89. The number of carbonyl (C=O) groups excluding carboxylic acids is 6. The van der Waals surface area contributed by atoms with Crippen LogP contribution in [0.2, 0.25) is 0 Å². The predicted octanol–water partition coefficient (Wildman–Crippen LogP) is -0.547. The Kier molecular flexibility index (Phi) is 11.8. The summed E-state index contributed by atoms with van der Waals surface area (Å²) in [6, 6.07) is -1.74. The molecule has 0 spiro atoms. The van der Waals surface area contributed by atoms with Gasteiger partial charge in [0.15, 0.2) is 10.3 Å². The second-order valence-corrected chi connectivity index (χ2v) is 15.5. The Morgan fingerprint density at radius 3 is 1.92 bits per heavy atom. The third kappa shape index (κ3) is 7.51. The summed E-state index contributed by atoms with van der Waals surface area (Å²) in [7, 11) is 0. The summed E-state index contributed by atoms with van der Waals surface area (Å²) in [6.07, 6.45) is 3.47. The Labute approximate surface area is 305 Å². The molecule has 0 radical (unpaired) electrons. The number of Topliss-reactive ketones (excluding diaryl/α,β-unsaturated/α-hetero) is 2. The van der Waals surface area contributed by atoms with Gasteiger partial charge in [-0.05, 0) is 24.5 Å². The van der Waals surface area contributed by atoms with Crippen LogP contribution in [0, 0.1) is 0 Å². The van der Waals surface area contributed by atoms with Gasteiger partial charge in [0.2, 0.25) is 0 Å². The number of carboxylic acids is 1. The van der Waals surface area contributed by atoms with E-state index in [-0.39, 0.29) is 49.8 Å². The first-order chi connectivity index (χ1) is 24.3. The molecule has 18 nitrogen and oxygen atoms in total. The maximum atomic E-state index is 12.3. The van der Waals surface area contributed by atoms with E-state index in [1.54, 1.807) is 11.8 Å². The lowest BCUT2D eigenvalue weighted by atomic mass is 10.0. The van der Waals surface area contributed by atoms with E-state index in [4.69, 9.17) is 5.73 Å². The number of nitrogen functional groups attached to an aromatic ring is 1. The molecule has 22 heteroatoms. The molecule has 8 N–H and O–H groups in total. The van der Waals surface area contributed by atoms with Crippen molar-refractivity contribution in [2.75, 3.05) is 42.3 Å². The number of thioether (sulfide) groups is 2. The summed E-state index contributed by atoms with van der Waals surface area (Å²) in [6.45, 7) is 3.96. The van der Waals surface area contributed by atoms with Crippen LogP contribution in [-0.2, 0) is 24.0 Å². The second kappa shape index (κ2) is 15.9.